The molecule has 0 aliphatic carbocycles. The van der Waals surface area contributed by atoms with Crippen molar-refractivity contribution in [1.29, 1.82) is 0 Å². The van der Waals surface area contributed by atoms with Crippen LogP contribution in [0.2, 0.25) is 4.34 Å². The summed E-state index contributed by atoms with van der Waals surface area (Å²) in [4.78, 5) is 27.4. The van der Waals surface area contributed by atoms with Crippen LogP contribution in [-0.4, -0.2) is 44.0 Å². The van der Waals surface area contributed by atoms with Gasteiger partial charge < -0.3 is 19.7 Å². The van der Waals surface area contributed by atoms with Gasteiger partial charge in [0.05, 0.1) is 31.0 Å². The molecule has 1 fully saturated rings. The summed E-state index contributed by atoms with van der Waals surface area (Å²) in [6.07, 6.45) is 0.942. The molecule has 28 heavy (non-hydrogen) atoms. The first kappa shape index (κ1) is 20.5. The molecule has 1 atom stereocenters. The van der Waals surface area contributed by atoms with E-state index in [1.165, 1.54) is 11.3 Å². The Hall–Kier alpha value is -2.25. The van der Waals surface area contributed by atoms with E-state index >= 15 is 0 Å². The number of hydrogen-bond acceptors (Lipinski definition) is 5. The van der Waals surface area contributed by atoms with E-state index in [9.17, 15) is 9.59 Å². The van der Waals surface area contributed by atoms with Crippen LogP contribution in [0.15, 0.2) is 30.3 Å². The Bertz CT molecular complexity index is 854. The summed E-state index contributed by atoms with van der Waals surface area (Å²) in [5, 5.41) is 2.90. The van der Waals surface area contributed by atoms with Crippen LogP contribution >= 0.6 is 22.9 Å². The first-order valence-corrected chi connectivity index (χ1v) is 10.2. The van der Waals surface area contributed by atoms with Crippen LogP contribution in [0.25, 0.3) is 0 Å². The van der Waals surface area contributed by atoms with Crippen LogP contribution in [0.5, 0.6) is 11.5 Å². The number of likely N-dealkylation sites (tertiary alicyclic amines) is 1. The Labute approximate surface area is 173 Å². The third-order valence-electron chi connectivity index (χ3n) is 4.77. The summed E-state index contributed by atoms with van der Waals surface area (Å²) in [5.41, 5.74) is 1.05. The summed E-state index contributed by atoms with van der Waals surface area (Å²) >= 11 is 7.34. The van der Waals surface area contributed by atoms with Crippen molar-refractivity contribution in [3.8, 4) is 11.5 Å². The summed E-state index contributed by atoms with van der Waals surface area (Å²) in [6.45, 7) is 1.45. The molecule has 0 saturated carbocycles. The Kier molecular flexibility index (Phi) is 6.80. The third kappa shape index (κ3) is 4.97. The van der Waals surface area contributed by atoms with Crippen molar-refractivity contribution < 1.29 is 19.1 Å². The molecule has 1 aromatic carbocycles. The summed E-state index contributed by atoms with van der Waals surface area (Å²) in [5.74, 6) is 0.950. The van der Waals surface area contributed by atoms with Crippen molar-refractivity contribution in [2.75, 3.05) is 27.3 Å². The van der Waals surface area contributed by atoms with E-state index < -0.39 is 0 Å². The normalized spacial score (nSPS) is 16.3. The topological polar surface area (TPSA) is 67.9 Å². The largest absolute Gasteiger partial charge is 0.493 e. The molecule has 1 N–H and O–H groups in total. The zero-order chi connectivity index (χ0) is 20.1. The van der Waals surface area contributed by atoms with E-state index in [2.05, 4.69) is 5.32 Å². The molecule has 6 nitrogen and oxygen atoms in total. The van der Waals surface area contributed by atoms with Crippen LogP contribution < -0.4 is 14.8 Å². The van der Waals surface area contributed by atoms with Gasteiger partial charge in [0.25, 0.3) is 0 Å². The van der Waals surface area contributed by atoms with Crippen LogP contribution in [0, 0.1) is 5.92 Å². The number of hydrogen-bond donors (Lipinski definition) is 1. The Balaban J connectivity index is 1.51. The lowest BCUT2D eigenvalue weighted by Gasteiger charge is -2.17. The molecular weight excluding hydrogens is 400 g/mol. The number of rotatable bonds is 8. The molecule has 3 rings (SSSR count). The van der Waals surface area contributed by atoms with E-state index in [1.54, 1.807) is 19.1 Å². The molecule has 1 unspecified atom stereocenters. The highest BCUT2D eigenvalue weighted by molar-refractivity contribution is 7.16. The number of thiophene rings is 1. The van der Waals surface area contributed by atoms with E-state index in [1.807, 2.05) is 30.3 Å². The molecule has 1 saturated heterocycles. The zero-order valence-electron chi connectivity index (χ0n) is 15.9. The average Bonchev–Trinajstić information content (AvgIpc) is 3.29. The highest BCUT2D eigenvalue weighted by atomic mass is 35.5. The number of ether oxygens (including phenoxy) is 2. The van der Waals surface area contributed by atoms with Gasteiger partial charge in [-0.2, -0.15) is 0 Å². The lowest BCUT2D eigenvalue weighted by molar-refractivity contribution is -0.129. The fraction of sp³-hybridized carbons (Fsp3) is 0.400. The van der Waals surface area contributed by atoms with Gasteiger partial charge in [-0.25, -0.2) is 0 Å². The minimum absolute atomic E-state index is 0.0137. The number of halogens is 1. The molecule has 1 aliphatic rings. The Morgan fingerprint density at radius 1 is 1.25 bits per heavy atom. The van der Waals surface area contributed by atoms with Gasteiger partial charge >= 0.3 is 0 Å². The fourth-order valence-corrected chi connectivity index (χ4v) is 4.26. The van der Waals surface area contributed by atoms with Crippen molar-refractivity contribution in [1.82, 2.24) is 10.2 Å². The van der Waals surface area contributed by atoms with Gasteiger partial charge in [-0.1, -0.05) is 17.7 Å². The molecule has 0 radical (unpaired) electrons. The number of carbonyl (C=O) groups is 2. The van der Waals surface area contributed by atoms with Crippen molar-refractivity contribution in [3.63, 3.8) is 0 Å². The van der Waals surface area contributed by atoms with E-state index in [-0.39, 0.29) is 24.2 Å². The van der Waals surface area contributed by atoms with Crippen molar-refractivity contribution in [3.05, 3.63) is 45.1 Å². The first-order chi connectivity index (χ1) is 13.5. The lowest BCUT2D eigenvalue weighted by atomic mass is 10.1. The van der Waals surface area contributed by atoms with Crippen LogP contribution in [-0.2, 0) is 22.6 Å². The predicted molar refractivity (Wildman–Crippen MR) is 109 cm³/mol. The number of carbonyl (C=O) groups excluding carboxylic acids is 2. The van der Waals surface area contributed by atoms with Crippen molar-refractivity contribution >= 4 is 34.8 Å². The van der Waals surface area contributed by atoms with Gasteiger partial charge in [-0.15, -0.1) is 11.3 Å². The molecule has 0 spiro atoms. The smallest absolute Gasteiger partial charge is 0.225 e. The lowest BCUT2D eigenvalue weighted by Crippen LogP contribution is -2.33. The monoisotopic (exact) mass is 422 g/mol. The summed E-state index contributed by atoms with van der Waals surface area (Å²) < 4.78 is 11.3. The highest BCUT2D eigenvalue weighted by Crippen LogP contribution is 2.28. The third-order valence-corrected chi connectivity index (χ3v) is 6.00. The molecule has 150 valence electrons. The highest BCUT2D eigenvalue weighted by Gasteiger charge is 2.33. The standard InChI is InChI=1S/C20H23ClN2O4S/c1-26-16-5-3-13(9-17(16)27-2)7-8-23-12-14(10-19(23)24)20(25)22-11-15-4-6-18(21)28-15/h3-6,9,14H,7-8,10-12H2,1-2H3,(H,22,25). The molecule has 8 heteroatoms. The number of methoxy groups -OCH3 is 2. The van der Waals surface area contributed by atoms with Crippen LogP contribution in [0.3, 0.4) is 0 Å². The predicted octanol–water partition coefficient (Wildman–Crippen LogP) is 3.13. The average molecular weight is 423 g/mol. The van der Waals surface area contributed by atoms with Gasteiger partial charge in [0.15, 0.2) is 11.5 Å². The second kappa shape index (κ2) is 9.30. The molecule has 1 aromatic heterocycles. The summed E-state index contributed by atoms with van der Waals surface area (Å²) in [6, 6.07) is 9.42. The number of nitrogens with one attached hydrogen (secondary N) is 1. The van der Waals surface area contributed by atoms with E-state index in [0.29, 0.717) is 41.9 Å². The van der Waals surface area contributed by atoms with Crippen molar-refractivity contribution in [2.45, 2.75) is 19.4 Å². The Morgan fingerprint density at radius 3 is 2.71 bits per heavy atom. The van der Waals surface area contributed by atoms with E-state index in [0.717, 1.165) is 10.4 Å². The van der Waals surface area contributed by atoms with Gasteiger partial charge in [0.1, 0.15) is 0 Å². The number of nitrogens with zero attached hydrogens (tertiary/aromatic N) is 1. The maximum absolute atomic E-state index is 12.4. The molecule has 0 bridgehead atoms. The second-order valence-corrected chi connectivity index (χ2v) is 8.40. The minimum Gasteiger partial charge on any atom is -0.493 e. The number of amides is 2. The zero-order valence-corrected chi connectivity index (χ0v) is 17.4. The maximum Gasteiger partial charge on any atom is 0.225 e. The quantitative estimate of drug-likeness (QED) is 0.709. The van der Waals surface area contributed by atoms with Gasteiger partial charge in [-0.05, 0) is 36.2 Å². The molecule has 2 amide bonds. The first-order valence-electron chi connectivity index (χ1n) is 9.00. The summed E-state index contributed by atoms with van der Waals surface area (Å²) in [7, 11) is 3.19. The van der Waals surface area contributed by atoms with Crippen molar-refractivity contribution in [2.24, 2.45) is 5.92 Å². The fourth-order valence-electron chi connectivity index (χ4n) is 3.23. The van der Waals surface area contributed by atoms with Gasteiger partial charge in [-0.3, -0.25) is 9.59 Å². The minimum atomic E-state index is -0.312. The second-order valence-electron chi connectivity index (χ2n) is 6.60. The maximum atomic E-state index is 12.4. The molecule has 1 aliphatic heterocycles. The molecular formula is C20H23ClN2O4S. The van der Waals surface area contributed by atoms with E-state index in [4.69, 9.17) is 21.1 Å². The molecule has 2 heterocycles. The Morgan fingerprint density at radius 2 is 2.04 bits per heavy atom. The molecule has 2 aromatic rings. The SMILES string of the molecule is COc1ccc(CCN2CC(C(=O)NCc3ccc(Cl)s3)CC2=O)cc1OC. The number of benzene rings is 1. The van der Waals surface area contributed by atoms with Gasteiger partial charge in [0.2, 0.25) is 11.8 Å². The van der Waals surface area contributed by atoms with Crippen LogP contribution in [0.4, 0.5) is 0 Å². The van der Waals surface area contributed by atoms with Gasteiger partial charge in [0, 0.05) is 24.4 Å². The van der Waals surface area contributed by atoms with Crippen LogP contribution in [0.1, 0.15) is 16.9 Å².